The molecule has 1 aromatic carbocycles. The van der Waals surface area contributed by atoms with Gasteiger partial charge in [0.1, 0.15) is 5.54 Å². The third-order valence-electron chi connectivity index (χ3n) is 6.52. The Balaban J connectivity index is 1.35. The van der Waals surface area contributed by atoms with Crippen molar-refractivity contribution in [2.45, 2.75) is 50.4 Å². The summed E-state index contributed by atoms with van der Waals surface area (Å²) in [4.78, 5) is 40.0. The van der Waals surface area contributed by atoms with E-state index in [2.05, 4.69) is 10.6 Å². The highest BCUT2D eigenvalue weighted by Gasteiger charge is 2.52. The second kappa shape index (κ2) is 9.20. The molecule has 1 saturated carbocycles. The number of halogens is 3. The van der Waals surface area contributed by atoms with Gasteiger partial charge in [-0.05, 0) is 30.5 Å². The number of alkyl halides is 3. The molecule has 33 heavy (non-hydrogen) atoms. The van der Waals surface area contributed by atoms with Crippen molar-refractivity contribution in [3.05, 3.63) is 29.3 Å². The Hall–Kier alpha value is -2.82. The van der Waals surface area contributed by atoms with Gasteiger partial charge in [-0.1, -0.05) is 18.9 Å². The molecule has 3 aliphatic rings. The van der Waals surface area contributed by atoms with Gasteiger partial charge in [-0.2, -0.15) is 13.2 Å². The van der Waals surface area contributed by atoms with Gasteiger partial charge in [0.25, 0.3) is 5.91 Å². The fourth-order valence-corrected chi connectivity index (χ4v) is 4.69. The van der Waals surface area contributed by atoms with Gasteiger partial charge in [0.05, 0.1) is 18.8 Å². The van der Waals surface area contributed by atoms with Crippen molar-refractivity contribution in [2.24, 2.45) is 0 Å². The molecule has 2 aliphatic heterocycles. The van der Waals surface area contributed by atoms with E-state index >= 15 is 0 Å². The largest absolute Gasteiger partial charge is 0.416 e. The van der Waals surface area contributed by atoms with Crippen LogP contribution < -0.4 is 15.5 Å². The number of nitrogens with zero attached hydrogens (tertiary/aromatic N) is 2. The molecule has 1 aromatic rings. The minimum atomic E-state index is -4.57. The van der Waals surface area contributed by atoms with Crippen molar-refractivity contribution >= 4 is 23.5 Å². The summed E-state index contributed by atoms with van der Waals surface area (Å²) < 4.78 is 46.2. The third kappa shape index (κ3) is 4.92. The van der Waals surface area contributed by atoms with E-state index in [0.717, 1.165) is 23.8 Å². The van der Waals surface area contributed by atoms with Crippen LogP contribution in [-0.2, 0) is 27.0 Å². The van der Waals surface area contributed by atoms with Crippen LogP contribution in [0.4, 0.5) is 23.7 Å². The number of hydrogen-bond acceptors (Lipinski definition) is 5. The first kappa shape index (κ1) is 23.3. The van der Waals surface area contributed by atoms with Crippen LogP contribution in [0.25, 0.3) is 0 Å². The van der Waals surface area contributed by atoms with Gasteiger partial charge in [0.2, 0.25) is 5.91 Å². The number of hydrogen-bond donors (Lipinski definition) is 2. The number of urea groups is 1. The van der Waals surface area contributed by atoms with Crippen molar-refractivity contribution in [1.29, 1.82) is 0 Å². The summed E-state index contributed by atoms with van der Waals surface area (Å²) in [6.45, 7) is 1.52. The molecule has 0 radical (unpaired) electrons. The fraction of sp³-hybridized carbons (Fsp3) is 0.591. The first-order chi connectivity index (χ1) is 15.7. The van der Waals surface area contributed by atoms with Crippen LogP contribution in [-0.4, -0.2) is 61.1 Å². The summed E-state index contributed by atoms with van der Waals surface area (Å²) in [6.07, 6.45) is -1.87. The normalized spacial score (nSPS) is 20.5. The number of anilines is 1. The highest BCUT2D eigenvalue weighted by atomic mass is 19.4. The van der Waals surface area contributed by atoms with E-state index in [1.807, 2.05) is 4.90 Å². The van der Waals surface area contributed by atoms with Gasteiger partial charge >= 0.3 is 12.2 Å². The summed E-state index contributed by atoms with van der Waals surface area (Å²) in [5, 5.41) is 5.22. The molecular formula is C22H27F3N4O4. The molecule has 0 unspecified atom stereocenters. The summed E-state index contributed by atoms with van der Waals surface area (Å²) in [5.41, 5.74) is -1.24. The number of nitrogens with one attached hydrogen (secondary N) is 2. The number of amides is 4. The van der Waals surface area contributed by atoms with Gasteiger partial charge in [-0.3, -0.25) is 14.5 Å². The molecule has 1 aliphatic carbocycles. The lowest BCUT2D eigenvalue weighted by atomic mass is 9.98. The minimum Gasteiger partial charge on any atom is -0.378 e. The molecule has 2 saturated heterocycles. The van der Waals surface area contributed by atoms with Gasteiger partial charge < -0.3 is 20.3 Å². The molecule has 180 valence electrons. The van der Waals surface area contributed by atoms with Crippen molar-refractivity contribution in [3.8, 4) is 0 Å². The van der Waals surface area contributed by atoms with E-state index < -0.39 is 29.2 Å². The Morgan fingerprint density at radius 1 is 1.15 bits per heavy atom. The summed E-state index contributed by atoms with van der Waals surface area (Å²) >= 11 is 0. The van der Waals surface area contributed by atoms with E-state index in [0.29, 0.717) is 44.8 Å². The van der Waals surface area contributed by atoms with E-state index in [1.165, 1.54) is 6.07 Å². The Bertz CT molecular complexity index is 925. The van der Waals surface area contributed by atoms with Crippen molar-refractivity contribution in [1.82, 2.24) is 15.5 Å². The SMILES string of the molecule is O=C(CCN1C(=O)NC2(CCCC2)C1=O)NCc1ccc(N2CCOCC2)cc1C(F)(F)F. The highest BCUT2D eigenvalue weighted by Crippen LogP contribution is 2.36. The number of rotatable bonds is 6. The van der Waals surface area contributed by atoms with Gasteiger partial charge in [0.15, 0.2) is 0 Å². The highest BCUT2D eigenvalue weighted by molar-refractivity contribution is 6.07. The van der Waals surface area contributed by atoms with Gasteiger partial charge in [0, 0.05) is 38.3 Å². The first-order valence-electron chi connectivity index (χ1n) is 11.1. The maximum Gasteiger partial charge on any atom is 0.416 e. The zero-order valence-corrected chi connectivity index (χ0v) is 18.2. The molecule has 4 amide bonds. The smallest absolute Gasteiger partial charge is 0.378 e. The average Bonchev–Trinajstić information content (AvgIpc) is 3.35. The topological polar surface area (TPSA) is 91.0 Å². The maximum atomic E-state index is 13.7. The number of ether oxygens (including phenoxy) is 1. The predicted octanol–water partition coefficient (Wildman–Crippen LogP) is 2.41. The monoisotopic (exact) mass is 468 g/mol. The van der Waals surface area contributed by atoms with Crippen LogP contribution >= 0.6 is 0 Å². The minimum absolute atomic E-state index is 0.0484. The van der Waals surface area contributed by atoms with Crippen LogP contribution in [0.3, 0.4) is 0 Å². The number of benzene rings is 1. The van der Waals surface area contributed by atoms with Crippen LogP contribution in [0, 0.1) is 0 Å². The van der Waals surface area contributed by atoms with Crippen LogP contribution in [0.5, 0.6) is 0 Å². The van der Waals surface area contributed by atoms with Crippen molar-refractivity contribution < 1.29 is 32.3 Å². The van der Waals surface area contributed by atoms with Crippen LogP contribution in [0.2, 0.25) is 0 Å². The lowest BCUT2D eigenvalue weighted by Crippen LogP contribution is -2.44. The molecule has 0 bridgehead atoms. The Morgan fingerprint density at radius 3 is 2.52 bits per heavy atom. The van der Waals surface area contributed by atoms with Crippen LogP contribution in [0.15, 0.2) is 18.2 Å². The van der Waals surface area contributed by atoms with Crippen LogP contribution in [0.1, 0.15) is 43.2 Å². The van der Waals surface area contributed by atoms with Gasteiger partial charge in [-0.25, -0.2) is 4.79 Å². The lowest BCUT2D eigenvalue weighted by Gasteiger charge is -2.29. The first-order valence-corrected chi connectivity index (χ1v) is 11.1. The maximum absolute atomic E-state index is 13.7. The molecule has 2 heterocycles. The summed E-state index contributed by atoms with van der Waals surface area (Å²) in [7, 11) is 0. The summed E-state index contributed by atoms with van der Waals surface area (Å²) in [6, 6.07) is 3.56. The summed E-state index contributed by atoms with van der Waals surface area (Å²) in [5.74, 6) is -0.857. The molecule has 4 rings (SSSR count). The third-order valence-corrected chi connectivity index (χ3v) is 6.52. The zero-order valence-electron chi connectivity index (χ0n) is 18.2. The molecule has 3 fully saturated rings. The fourth-order valence-electron chi connectivity index (χ4n) is 4.69. The number of imide groups is 1. The molecule has 0 atom stereocenters. The van der Waals surface area contributed by atoms with Gasteiger partial charge in [-0.15, -0.1) is 0 Å². The Morgan fingerprint density at radius 2 is 1.85 bits per heavy atom. The van der Waals surface area contributed by atoms with Crippen molar-refractivity contribution in [3.63, 3.8) is 0 Å². The van der Waals surface area contributed by atoms with E-state index in [1.54, 1.807) is 6.07 Å². The standard InChI is InChI=1S/C22H27F3N4O4/c23-22(24,25)17-13-16(28-9-11-33-12-10-28)4-3-15(17)14-26-18(30)5-8-29-19(31)21(27-20(29)32)6-1-2-7-21/h3-4,13H,1-2,5-12,14H2,(H,26,30)(H,27,32). The Labute approximate surface area is 189 Å². The lowest BCUT2D eigenvalue weighted by molar-refractivity contribution is -0.138. The molecule has 2 N–H and O–H groups in total. The van der Waals surface area contributed by atoms with E-state index in [4.69, 9.17) is 4.74 Å². The molecular weight excluding hydrogens is 441 g/mol. The average molecular weight is 468 g/mol. The quantitative estimate of drug-likeness (QED) is 0.626. The molecule has 1 spiro atoms. The Kier molecular flexibility index (Phi) is 6.51. The van der Waals surface area contributed by atoms with Crippen molar-refractivity contribution in [2.75, 3.05) is 37.7 Å². The second-order valence-electron chi connectivity index (χ2n) is 8.64. The molecule has 0 aromatic heterocycles. The second-order valence-corrected chi connectivity index (χ2v) is 8.64. The molecule has 11 heteroatoms. The predicted molar refractivity (Wildman–Crippen MR) is 112 cm³/mol. The number of carbonyl (C=O) groups is 3. The number of morpholine rings is 1. The molecule has 8 nitrogen and oxygen atoms in total. The zero-order chi connectivity index (χ0) is 23.6. The number of carbonyl (C=O) groups excluding carboxylic acids is 3. The van der Waals surface area contributed by atoms with E-state index in [9.17, 15) is 27.6 Å². The van der Waals surface area contributed by atoms with E-state index in [-0.39, 0.29) is 31.0 Å².